The van der Waals surface area contributed by atoms with Gasteiger partial charge in [-0.15, -0.1) is 0 Å². The quantitative estimate of drug-likeness (QED) is 0.681. The second-order valence-corrected chi connectivity index (χ2v) is 7.32. The number of rotatable bonds is 6. The Morgan fingerprint density at radius 3 is 2.39 bits per heavy atom. The van der Waals surface area contributed by atoms with Gasteiger partial charge >= 0.3 is 6.03 Å². The number of aliphatic hydroxyl groups is 1. The van der Waals surface area contributed by atoms with E-state index in [2.05, 4.69) is 27.5 Å². The molecule has 2 aliphatic heterocycles. The third kappa shape index (κ3) is 5.62. The van der Waals surface area contributed by atoms with Crippen molar-refractivity contribution in [1.82, 2.24) is 20.4 Å². The van der Waals surface area contributed by atoms with Crippen LogP contribution in [-0.2, 0) is 0 Å². The lowest BCUT2D eigenvalue weighted by Gasteiger charge is -2.50. The summed E-state index contributed by atoms with van der Waals surface area (Å²) in [7, 11) is 2.18. The molecule has 23 heavy (non-hydrogen) atoms. The Labute approximate surface area is 140 Å². The average molecular weight is 326 g/mol. The molecule has 2 aliphatic rings. The minimum absolute atomic E-state index is 0.110. The van der Waals surface area contributed by atoms with Gasteiger partial charge in [-0.05, 0) is 72.3 Å². The summed E-state index contributed by atoms with van der Waals surface area (Å²) in [6.45, 7) is 7.50. The fourth-order valence-corrected chi connectivity index (χ4v) is 3.71. The second-order valence-electron chi connectivity index (χ2n) is 7.32. The third-order valence-electron chi connectivity index (χ3n) is 5.37. The minimum atomic E-state index is -0.371. The smallest absolute Gasteiger partial charge is 0.314 e. The fourth-order valence-electron chi connectivity index (χ4n) is 3.71. The van der Waals surface area contributed by atoms with E-state index in [-0.39, 0.29) is 17.7 Å². The summed E-state index contributed by atoms with van der Waals surface area (Å²) in [5.41, 5.74) is 0.120. The number of piperidine rings is 2. The molecule has 2 saturated heterocycles. The van der Waals surface area contributed by atoms with Crippen LogP contribution in [-0.4, -0.2) is 78.9 Å². The summed E-state index contributed by atoms with van der Waals surface area (Å²) in [5, 5.41) is 15.2. The zero-order chi connectivity index (χ0) is 16.7. The molecule has 6 heteroatoms. The molecule has 134 valence electrons. The molecule has 0 radical (unpaired) electrons. The molecule has 0 aromatic rings. The topological polar surface area (TPSA) is 67.8 Å². The van der Waals surface area contributed by atoms with Gasteiger partial charge in [-0.1, -0.05) is 6.42 Å². The lowest BCUT2D eigenvalue weighted by atomic mass is 9.84. The number of hydrogen-bond donors (Lipinski definition) is 3. The van der Waals surface area contributed by atoms with Crippen LogP contribution in [0.25, 0.3) is 0 Å². The van der Waals surface area contributed by atoms with Gasteiger partial charge in [-0.25, -0.2) is 4.79 Å². The predicted octanol–water partition coefficient (Wildman–Crippen LogP) is 1.01. The zero-order valence-corrected chi connectivity index (χ0v) is 14.8. The van der Waals surface area contributed by atoms with Crippen LogP contribution in [0.4, 0.5) is 4.79 Å². The van der Waals surface area contributed by atoms with Gasteiger partial charge in [0.1, 0.15) is 0 Å². The molecule has 0 spiro atoms. The Hall–Kier alpha value is -0.850. The molecule has 1 unspecified atom stereocenters. The SMILES string of the molecule is CC(O)CCNC(=O)NCC1(N2CCCCC2)CCN(C)CC1. The van der Waals surface area contributed by atoms with Crippen LogP contribution in [0.3, 0.4) is 0 Å². The largest absolute Gasteiger partial charge is 0.393 e. The summed E-state index contributed by atoms with van der Waals surface area (Å²) < 4.78 is 0. The molecule has 6 nitrogen and oxygen atoms in total. The Bertz CT molecular complexity index is 362. The van der Waals surface area contributed by atoms with Crippen molar-refractivity contribution in [3.8, 4) is 0 Å². The molecule has 1 atom stereocenters. The first kappa shape index (κ1) is 18.5. The summed E-state index contributed by atoms with van der Waals surface area (Å²) >= 11 is 0. The number of carbonyl (C=O) groups excluding carboxylic acids is 1. The molecule has 0 bridgehead atoms. The standard InChI is InChI=1S/C17H34N4O2/c1-15(22)6-9-18-16(23)19-14-17(7-12-20(2)13-8-17)21-10-4-3-5-11-21/h15,22H,3-14H2,1-2H3,(H2,18,19,23). The van der Waals surface area contributed by atoms with Crippen LogP contribution in [0.5, 0.6) is 0 Å². The number of likely N-dealkylation sites (tertiary alicyclic amines) is 2. The van der Waals surface area contributed by atoms with E-state index < -0.39 is 0 Å². The highest BCUT2D eigenvalue weighted by molar-refractivity contribution is 5.73. The number of nitrogens with zero attached hydrogens (tertiary/aromatic N) is 2. The number of amides is 2. The van der Waals surface area contributed by atoms with E-state index in [1.54, 1.807) is 6.92 Å². The van der Waals surface area contributed by atoms with E-state index in [1.165, 1.54) is 19.3 Å². The van der Waals surface area contributed by atoms with Crippen molar-refractivity contribution in [2.24, 2.45) is 0 Å². The molecule has 2 amide bonds. The van der Waals surface area contributed by atoms with Crippen LogP contribution in [0.1, 0.15) is 45.4 Å². The van der Waals surface area contributed by atoms with Gasteiger partial charge in [-0.3, -0.25) is 4.90 Å². The normalized spacial score (nSPS) is 24.1. The van der Waals surface area contributed by atoms with Crippen molar-refractivity contribution in [3.63, 3.8) is 0 Å². The summed E-state index contributed by atoms with van der Waals surface area (Å²) in [6, 6.07) is -0.110. The van der Waals surface area contributed by atoms with Gasteiger partial charge in [0.2, 0.25) is 0 Å². The van der Waals surface area contributed by atoms with Gasteiger partial charge < -0.3 is 20.6 Å². The lowest BCUT2D eigenvalue weighted by Crippen LogP contribution is -2.62. The fraction of sp³-hybridized carbons (Fsp3) is 0.941. The van der Waals surface area contributed by atoms with Crippen molar-refractivity contribution in [1.29, 1.82) is 0 Å². The highest BCUT2D eigenvalue weighted by Gasteiger charge is 2.39. The average Bonchev–Trinajstić information content (AvgIpc) is 2.55. The number of carbonyl (C=O) groups is 1. The molecule has 0 aromatic heterocycles. The number of hydrogen-bond acceptors (Lipinski definition) is 4. The van der Waals surface area contributed by atoms with Crippen molar-refractivity contribution in [2.45, 2.75) is 57.1 Å². The van der Waals surface area contributed by atoms with Crippen LogP contribution in [0, 0.1) is 0 Å². The first-order valence-electron chi connectivity index (χ1n) is 9.15. The highest BCUT2D eigenvalue weighted by atomic mass is 16.3. The molecule has 0 aliphatic carbocycles. The van der Waals surface area contributed by atoms with E-state index in [4.69, 9.17) is 0 Å². The zero-order valence-electron chi connectivity index (χ0n) is 14.8. The van der Waals surface area contributed by atoms with E-state index in [1.807, 2.05) is 0 Å². The van der Waals surface area contributed by atoms with E-state index in [0.29, 0.717) is 13.0 Å². The molecule has 0 saturated carbocycles. The van der Waals surface area contributed by atoms with Gasteiger partial charge in [0.15, 0.2) is 0 Å². The van der Waals surface area contributed by atoms with E-state index >= 15 is 0 Å². The first-order valence-corrected chi connectivity index (χ1v) is 9.15. The van der Waals surface area contributed by atoms with Crippen LogP contribution >= 0.6 is 0 Å². The lowest BCUT2D eigenvalue weighted by molar-refractivity contribution is 0.0162. The number of nitrogens with one attached hydrogen (secondary N) is 2. The van der Waals surface area contributed by atoms with E-state index in [0.717, 1.165) is 45.6 Å². The molecule has 0 aromatic carbocycles. The van der Waals surface area contributed by atoms with Crippen LogP contribution in [0.2, 0.25) is 0 Å². The maximum atomic E-state index is 12.0. The van der Waals surface area contributed by atoms with Crippen LogP contribution < -0.4 is 10.6 Å². The summed E-state index contributed by atoms with van der Waals surface area (Å²) in [6.07, 6.45) is 6.35. The second kappa shape index (κ2) is 8.85. The molecule has 2 heterocycles. The third-order valence-corrected chi connectivity index (χ3v) is 5.37. The van der Waals surface area contributed by atoms with Gasteiger partial charge in [0, 0.05) is 18.6 Å². The van der Waals surface area contributed by atoms with Crippen molar-refractivity contribution in [2.75, 3.05) is 46.3 Å². The van der Waals surface area contributed by atoms with Crippen LogP contribution in [0.15, 0.2) is 0 Å². The van der Waals surface area contributed by atoms with Crippen molar-refractivity contribution < 1.29 is 9.90 Å². The van der Waals surface area contributed by atoms with Gasteiger partial charge in [-0.2, -0.15) is 0 Å². The van der Waals surface area contributed by atoms with Crippen molar-refractivity contribution >= 4 is 6.03 Å². The van der Waals surface area contributed by atoms with Gasteiger partial charge in [0.05, 0.1) is 6.10 Å². The maximum absolute atomic E-state index is 12.0. The molecule has 2 fully saturated rings. The summed E-state index contributed by atoms with van der Waals surface area (Å²) in [4.78, 5) is 17.0. The summed E-state index contributed by atoms with van der Waals surface area (Å²) in [5.74, 6) is 0. The number of aliphatic hydroxyl groups excluding tert-OH is 1. The molecular formula is C17H34N4O2. The minimum Gasteiger partial charge on any atom is -0.393 e. The Morgan fingerprint density at radius 1 is 1.13 bits per heavy atom. The van der Waals surface area contributed by atoms with E-state index in [9.17, 15) is 9.90 Å². The Morgan fingerprint density at radius 2 is 1.78 bits per heavy atom. The molecular weight excluding hydrogens is 292 g/mol. The number of urea groups is 1. The Balaban J connectivity index is 1.86. The van der Waals surface area contributed by atoms with Gasteiger partial charge in [0.25, 0.3) is 0 Å². The Kier molecular flexibility index (Phi) is 7.11. The first-order chi connectivity index (χ1) is 11.0. The van der Waals surface area contributed by atoms with Crippen molar-refractivity contribution in [3.05, 3.63) is 0 Å². The monoisotopic (exact) mass is 326 g/mol. The predicted molar refractivity (Wildman–Crippen MR) is 92.6 cm³/mol. The maximum Gasteiger partial charge on any atom is 0.314 e. The molecule has 3 N–H and O–H groups in total. The molecule has 2 rings (SSSR count). The highest BCUT2D eigenvalue weighted by Crippen LogP contribution is 2.30.